The van der Waals surface area contributed by atoms with Crippen molar-refractivity contribution in [2.45, 2.75) is 64.6 Å². The van der Waals surface area contributed by atoms with Crippen molar-refractivity contribution in [1.29, 1.82) is 0 Å². The molecule has 0 aromatic rings. The Morgan fingerprint density at radius 2 is 1.89 bits per heavy atom. The molecule has 0 unspecified atom stereocenters. The Balaban J connectivity index is 2.38. The maximum Gasteiger partial charge on any atom is 0.239 e. The summed E-state index contributed by atoms with van der Waals surface area (Å²) < 4.78 is 0. The number of carbonyl (C=O) groups excluding carboxylic acids is 1. The van der Waals surface area contributed by atoms with Crippen molar-refractivity contribution in [3.05, 3.63) is 0 Å². The molecule has 19 heavy (non-hydrogen) atoms. The predicted octanol–water partition coefficient (Wildman–Crippen LogP) is 1.71. The van der Waals surface area contributed by atoms with E-state index in [2.05, 4.69) is 43.1 Å². The predicted molar refractivity (Wildman–Crippen MR) is 80.3 cm³/mol. The molecular formula is C15H31N3O. The van der Waals surface area contributed by atoms with Gasteiger partial charge in [-0.2, -0.15) is 0 Å². The van der Waals surface area contributed by atoms with Gasteiger partial charge in [0.2, 0.25) is 5.91 Å². The lowest BCUT2D eigenvalue weighted by atomic mass is 9.96. The third-order valence-corrected chi connectivity index (χ3v) is 4.05. The molecule has 0 spiro atoms. The van der Waals surface area contributed by atoms with Crippen molar-refractivity contribution in [1.82, 2.24) is 15.1 Å². The molecule has 3 atom stereocenters. The first kappa shape index (κ1) is 16.4. The van der Waals surface area contributed by atoms with Gasteiger partial charge in [0.05, 0.1) is 6.04 Å². The topological polar surface area (TPSA) is 35.6 Å². The van der Waals surface area contributed by atoms with E-state index in [-0.39, 0.29) is 11.9 Å². The van der Waals surface area contributed by atoms with Crippen LogP contribution < -0.4 is 5.32 Å². The van der Waals surface area contributed by atoms with E-state index in [9.17, 15) is 4.79 Å². The van der Waals surface area contributed by atoms with Gasteiger partial charge in [-0.15, -0.1) is 0 Å². The highest BCUT2D eigenvalue weighted by Gasteiger charge is 2.31. The van der Waals surface area contributed by atoms with E-state index in [0.29, 0.717) is 12.1 Å². The summed E-state index contributed by atoms with van der Waals surface area (Å²) >= 11 is 0. The highest BCUT2D eigenvalue weighted by atomic mass is 16.2. The standard InChI is InChI=1S/C15H31N3O/c1-12-8-6-9-13(2)18(12)15(19)14(3)16-10-7-11-17(4)5/h12-14,16H,6-11H2,1-5H3/t12-,13+,14-/m0/s1. The van der Waals surface area contributed by atoms with Crippen molar-refractivity contribution >= 4 is 5.91 Å². The minimum Gasteiger partial charge on any atom is -0.336 e. The van der Waals surface area contributed by atoms with Crippen molar-refractivity contribution in [2.75, 3.05) is 27.2 Å². The van der Waals surface area contributed by atoms with Crippen molar-refractivity contribution in [3.63, 3.8) is 0 Å². The Bertz CT molecular complexity index is 271. The van der Waals surface area contributed by atoms with Gasteiger partial charge in [0.15, 0.2) is 0 Å². The SMILES string of the molecule is C[C@H](NCCCN(C)C)C(=O)N1[C@H](C)CCC[C@@H]1C. The van der Waals surface area contributed by atoms with Crippen molar-refractivity contribution in [2.24, 2.45) is 0 Å². The molecule has 0 saturated carbocycles. The van der Waals surface area contributed by atoms with Crippen LogP contribution in [0, 0.1) is 0 Å². The van der Waals surface area contributed by atoms with Crippen molar-refractivity contribution < 1.29 is 4.79 Å². The molecule has 1 aliphatic rings. The fraction of sp³-hybridized carbons (Fsp3) is 0.933. The van der Waals surface area contributed by atoms with Crippen LogP contribution in [0.3, 0.4) is 0 Å². The number of hydrogen-bond acceptors (Lipinski definition) is 3. The third-order valence-electron chi connectivity index (χ3n) is 4.05. The Hall–Kier alpha value is -0.610. The highest BCUT2D eigenvalue weighted by Crippen LogP contribution is 2.23. The molecule has 4 heteroatoms. The first-order chi connectivity index (χ1) is 8.93. The largest absolute Gasteiger partial charge is 0.336 e. The summed E-state index contributed by atoms with van der Waals surface area (Å²) in [6.45, 7) is 8.30. The molecule has 0 bridgehead atoms. The van der Waals surface area contributed by atoms with Crippen LogP contribution in [0.15, 0.2) is 0 Å². The minimum absolute atomic E-state index is 0.0647. The summed E-state index contributed by atoms with van der Waals surface area (Å²) in [6.07, 6.45) is 4.61. The molecule has 1 rings (SSSR count). The average Bonchev–Trinajstić information content (AvgIpc) is 2.33. The van der Waals surface area contributed by atoms with Crippen molar-refractivity contribution in [3.8, 4) is 0 Å². The molecule has 4 nitrogen and oxygen atoms in total. The van der Waals surface area contributed by atoms with E-state index >= 15 is 0 Å². The molecule has 1 N–H and O–H groups in total. The van der Waals surface area contributed by atoms with Crippen LogP contribution in [0.1, 0.15) is 46.5 Å². The molecular weight excluding hydrogens is 238 g/mol. The summed E-state index contributed by atoms with van der Waals surface area (Å²) in [5.41, 5.74) is 0. The normalized spacial score (nSPS) is 25.7. The number of likely N-dealkylation sites (tertiary alicyclic amines) is 1. The number of carbonyl (C=O) groups is 1. The van der Waals surface area contributed by atoms with Gasteiger partial charge < -0.3 is 15.1 Å². The van der Waals surface area contributed by atoms with Crippen LogP contribution in [0.4, 0.5) is 0 Å². The number of rotatable bonds is 6. The Morgan fingerprint density at radius 3 is 2.42 bits per heavy atom. The maximum absolute atomic E-state index is 12.5. The van der Waals surface area contributed by atoms with Gasteiger partial charge >= 0.3 is 0 Å². The summed E-state index contributed by atoms with van der Waals surface area (Å²) in [5.74, 6) is 0.268. The second-order valence-corrected chi connectivity index (χ2v) is 6.21. The fourth-order valence-corrected chi connectivity index (χ4v) is 2.88. The molecule has 112 valence electrons. The molecule has 1 amide bonds. The van der Waals surface area contributed by atoms with Crippen LogP contribution in [-0.2, 0) is 4.79 Å². The number of nitrogens with one attached hydrogen (secondary N) is 1. The molecule has 0 radical (unpaired) electrons. The van der Waals surface area contributed by atoms with Gasteiger partial charge in [0, 0.05) is 12.1 Å². The van der Waals surface area contributed by atoms with Gasteiger partial charge in [-0.25, -0.2) is 0 Å². The smallest absolute Gasteiger partial charge is 0.239 e. The lowest BCUT2D eigenvalue weighted by Gasteiger charge is -2.40. The molecule has 0 aliphatic carbocycles. The first-order valence-corrected chi connectivity index (χ1v) is 7.63. The van der Waals surface area contributed by atoms with E-state index in [1.807, 2.05) is 6.92 Å². The number of amides is 1. The van der Waals surface area contributed by atoms with Crippen LogP contribution >= 0.6 is 0 Å². The van der Waals surface area contributed by atoms with E-state index in [1.54, 1.807) is 0 Å². The van der Waals surface area contributed by atoms with Gasteiger partial charge in [-0.05, 0) is 73.6 Å². The Labute approximate surface area is 118 Å². The van der Waals surface area contributed by atoms with Gasteiger partial charge in [0.25, 0.3) is 0 Å². The lowest BCUT2D eigenvalue weighted by Crippen LogP contribution is -2.54. The maximum atomic E-state index is 12.5. The van der Waals surface area contributed by atoms with Gasteiger partial charge in [-0.3, -0.25) is 4.79 Å². The second-order valence-electron chi connectivity index (χ2n) is 6.21. The summed E-state index contributed by atoms with van der Waals surface area (Å²) in [6, 6.07) is 0.717. The molecule has 1 saturated heterocycles. The Morgan fingerprint density at radius 1 is 1.32 bits per heavy atom. The Kier molecular flexibility index (Phi) is 6.80. The zero-order chi connectivity index (χ0) is 14.4. The lowest BCUT2D eigenvalue weighted by molar-refractivity contribution is -0.139. The summed E-state index contributed by atoms with van der Waals surface area (Å²) in [7, 11) is 4.15. The minimum atomic E-state index is -0.0647. The highest BCUT2D eigenvalue weighted by molar-refractivity contribution is 5.82. The molecule has 1 aliphatic heterocycles. The molecule has 0 aromatic carbocycles. The van der Waals surface area contributed by atoms with Crippen LogP contribution in [0.25, 0.3) is 0 Å². The number of nitrogens with zero attached hydrogens (tertiary/aromatic N) is 2. The molecule has 0 aromatic heterocycles. The van der Waals surface area contributed by atoms with Gasteiger partial charge in [-0.1, -0.05) is 0 Å². The average molecular weight is 269 g/mol. The van der Waals surface area contributed by atoms with E-state index in [4.69, 9.17) is 0 Å². The molecule has 1 fully saturated rings. The first-order valence-electron chi connectivity index (χ1n) is 7.63. The number of hydrogen-bond donors (Lipinski definition) is 1. The van der Waals surface area contributed by atoms with E-state index in [0.717, 1.165) is 32.4 Å². The summed E-state index contributed by atoms with van der Waals surface area (Å²) in [5, 5.41) is 3.36. The third kappa shape index (κ3) is 5.11. The molecule has 1 heterocycles. The fourth-order valence-electron chi connectivity index (χ4n) is 2.88. The van der Waals surface area contributed by atoms with Crippen LogP contribution in [0.5, 0.6) is 0 Å². The van der Waals surface area contributed by atoms with Gasteiger partial charge in [0.1, 0.15) is 0 Å². The van der Waals surface area contributed by atoms with Crippen LogP contribution in [-0.4, -0.2) is 61.0 Å². The van der Waals surface area contributed by atoms with E-state index in [1.165, 1.54) is 6.42 Å². The van der Waals surface area contributed by atoms with Crippen LogP contribution in [0.2, 0.25) is 0 Å². The summed E-state index contributed by atoms with van der Waals surface area (Å²) in [4.78, 5) is 16.8. The quantitative estimate of drug-likeness (QED) is 0.746. The zero-order valence-corrected chi connectivity index (χ0v) is 13.3. The second kappa shape index (κ2) is 7.85. The monoisotopic (exact) mass is 269 g/mol. The van der Waals surface area contributed by atoms with E-state index < -0.39 is 0 Å². The zero-order valence-electron chi connectivity index (χ0n) is 13.3. The number of piperidine rings is 1.